The molecule has 1 aliphatic rings. The van der Waals surface area contributed by atoms with Gasteiger partial charge in [0, 0.05) is 0 Å². The molecule has 20 heavy (non-hydrogen) atoms. The highest BCUT2D eigenvalue weighted by Crippen LogP contribution is 2.18. The third kappa shape index (κ3) is 5.48. The van der Waals surface area contributed by atoms with Crippen molar-refractivity contribution in [2.75, 3.05) is 26.2 Å². The van der Waals surface area contributed by atoms with Crippen molar-refractivity contribution in [3.05, 3.63) is 0 Å². The normalized spacial score (nSPS) is 19.4. The predicted octanol–water partition coefficient (Wildman–Crippen LogP) is -0.121. The number of likely N-dealkylation sites (tertiary alicyclic amines) is 1. The number of nitrogens with zero attached hydrogens (tertiary/aromatic N) is 1. The van der Waals surface area contributed by atoms with Crippen molar-refractivity contribution in [2.45, 2.75) is 25.1 Å². The topological polar surface area (TPSA) is 61.4 Å². The van der Waals surface area contributed by atoms with E-state index in [0.29, 0.717) is 19.4 Å². The van der Waals surface area contributed by atoms with Crippen LogP contribution in [0, 0.1) is 12.3 Å². The summed E-state index contributed by atoms with van der Waals surface area (Å²) in [5, 5.41) is 4.29. The summed E-state index contributed by atoms with van der Waals surface area (Å²) in [7, 11) is 0. The van der Waals surface area contributed by atoms with Gasteiger partial charge in [-0.25, -0.2) is 0 Å². The summed E-state index contributed by atoms with van der Waals surface area (Å²) < 4.78 is 36.1. The van der Waals surface area contributed by atoms with Gasteiger partial charge in [-0.3, -0.25) is 14.5 Å². The number of halogens is 3. The van der Waals surface area contributed by atoms with E-state index in [0.717, 1.165) is 0 Å². The van der Waals surface area contributed by atoms with Gasteiger partial charge in [-0.2, -0.15) is 13.2 Å². The minimum atomic E-state index is -4.44. The van der Waals surface area contributed by atoms with E-state index in [9.17, 15) is 22.8 Å². The van der Waals surface area contributed by atoms with Crippen molar-refractivity contribution in [2.24, 2.45) is 0 Å². The van der Waals surface area contributed by atoms with Gasteiger partial charge in [0.25, 0.3) is 0 Å². The first-order valence-electron chi connectivity index (χ1n) is 6.12. The molecule has 5 nitrogen and oxygen atoms in total. The second kappa shape index (κ2) is 7.14. The molecule has 1 heterocycles. The lowest BCUT2D eigenvalue weighted by atomic mass is 10.2. The van der Waals surface area contributed by atoms with Crippen LogP contribution in [0.3, 0.4) is 0 Å². The standard InChI is InChI=1S/C12H16F3N3O2/c1-2-5-16-10(19)7-18-6-3-4-9(18)11(20)17-8-12(13,14)15/h1,9H,3-8H2,(H,16,19)(H,17,20)/t9-/m0/s1. The van der Waals surface area contributed by atoms with E-state index >= 15 is 0 Å². The van der Waals surface area contributed by atoms with E-state index in [-0.39, 0.29) is 19.0 Å². The molecule has 2 amide bonds. The Bertz CT molecular complexity index is 404. The van der Waals surface area contributed by atoms with Crippen LogP contribution in [0.2, 0.25) is 0 Å². The smallest absolute Gasteiger partial charge is 0.346 e. The van der Waals surface area contributed by atoms with Crippen LogP contribution in [-0.4, -0.2) is 55.1 Å². The van der Waals surface area contributed by atoms with E-state index < -0.39 is 24.7 Å². The second-order valence-electron chi connectivity index (χ2n) is 4.44. The molecule has 0 saturated carbocycles. The first-order valence-corrected chi connectivity index (χ1v) is 6.12. The summed E-state index contributed by atoms with van der Waals surface area (Å²) in [4.78, 5) is 24.7. The highest BCUT2D eigenvalue weighted by molar-refractivity contribution is 5.84. The molecule has 0 aromatic rings. The van der Waals surface area contributed by atoms with Gasteiger partial charge in [0.15, 0.2) is 0 Å². The van der Waals surface area contributed by atoms with Gasteiger partial charge in [-0.15, -0.1) is 6.42 Å². The number of hydrogen-bond acceptors (Lipinski definition) is 3. The fourth-order valence-electron chi connectivity index (χ4n) is 2.01. The van der Waals surface area contributed by atoms with Crippen LogP contribution < -0.4 is 10.6 Å². The number of carbonyl (C=O) groups excluding carboxylic acids is 2. The van der Waals surface area contributed by atoms with Gasteiger partial charge >= 0.3 is 6.18 Å². The van der Waals surface area contributed by atoms with Gasteiger partial charge in [0.2, 0.25) is 11.8 Å². The minimum absolute atomic E-state index is 0.0498. The van der Waals surface area contributed by atoms with Crippen LogP contribution in [-0.2, 0) is 9.59 Å². The molecular weight excluding hydrogens is 275 g/mol. The van der Waals surface area contributed by atoms with Crippen molar-refractivity contribution in [3.63, 3.8) is 0 Å². The maximum atomic E-state index is 12.0. The zero-order chi connectivity index (χ0) is 15.2. The minimum Gasteiger partial charge on any atom is -0.346 e. The molecule has 0 unspecified atom stereocenters. The Morgan fingerprint density at radius 2 is 2.05 bits per heavy atom. The monoisotopic (exact) mass is 291 g/mol. The van der Waals surface area contributed by atoms with Gasteiger partial charge < -0.3 is 10.6 Å². The van der Waals surface area contributed by atoms with E-state index in [4.69, 9.17) is 6.42 Å². The molecule has 112 valence electrons. The number of carbonyl (C=O) groups is 2. The summed E-state index contributed by atoms with van der Waals surface area (Å²) in [6.07, 6.45) is 1.65. The molecule has 1 atom stereocenters. The number of terminal acetylenes is 1. The van der Waals surface area contributed by atoms with Gasteiger partial charge in [0.05, 0.1) is 19.1 Å². The maximum absolute atomic E-state index is 12.0. The molecule has 1 saturated heterocycles. The molecule has 1 aliphatic heterocycles. The van der Waals surface area contributed by atoms with Crippen LogP contribution in [0.4, 0.5) is 13.2 Å². The van der Waals surface area contributed by atoms with E-state index in [1.165, 1.54) is 0 Å². The number of rotatable bonds is 5. The van der Waals surface area contributed by atoms with Crippen LogP contribution in [0.15, 0.2) is 0 Å². The summed E-state index contributed by atoms with van der Waals surface area (Å²) in [6.45, 7) is -0.837. The fraction of sp³-hybridized carbons (Fsp3) is 0.667. The average Bonchev–Trinajstić information content (AvgIpc) is 2.80. The Kier molecular flexibility index (Phi) is 5.82. The molecular formula is C12H16F3N3O2. The van der Waals surface area contributed by atoms with E-state index in [2.05, 4.69) is 11.2 Å². The molecule has 0 aliphatic carbocycles. The lowest BCUT2D eigenvalue weighted by molar-refractivity contribution is -0.141. The average molecular weight is 291 g/mol. The predicted molar refractivity (Wildman–Crippen MR) is 65.5 cm³/mol. The first-order chi connectivity index (χ1) is 9.33. The Morgan fingerprint density at radius 1 is 1.35 bits per heavy atom. The van der Waals surface area contributed by atoms with Crippen molar-refractivity contribution in [1.29, 1.82) is 0 Å². The molecule has 0 radical (unpaired) electrons. The van der Waals surface area contributed by atoms with Gasteiger partial charge in [-0.05, 0) is 19.4 Å². The molecule has 0 bridgehead atoms. The highest BCUT2D eigenvalue weighted by Gasteiger charge is 2.34. The Balaban J connectivity index is 2.46. The van der Waals surface area contributed by atoms with Gasteiger partial charge in [-0.1, -0.05) is 5.92 Å². The van der Waals surface area contributed by atoms with Gasteiger partial charge in [0.1, 0.15) is 6.54 Å². The Morgan fingerprint density at radius 3 is 2.65 bits per heavy atom. The number of hydrogen-bond donors (Lipinski definition) is 2. The third-order valence-corrected chi connectivity index (χ3v) is 2.86. The number of nitrogens with one attached hydrogen (secondary N) is 2. The molecule has 2 N–H and O–H groups in total. The highest BCUT2D eigenvalue weighted by atomic mass is 19.4. The Labute approximate surface area is 114 Å². The largest absolute Gasteiger partial charge is 0.405 e. The summed E-state index contributed by atoms with van der Waals surface area (Å²) in [5.74, 6) is 1.19. The molecule has 0 spiro atoms. The molecule has 1 fully saturated rings. The van der Waals surface area contributed by atoms with Crippen LogP contribution in [0.25, 0.3) is 0 Å². The van der Waals surface area contributed by atoms with E-state index in [1.807, 2.05) is 5.32 Å². The molecule has 1 rings (SSSR count). The third-order valence-electron chi connectivity index (χ3n) is 2.86. The second-order valence-corrected chi connectivity index (χ2v) is 4.44. The first kappa shape index (κ1) is 16.3. The lowest BCUT2D eigenvalue weighted by Gasteiger charge is -2.23. The molecule has 0 aromatic heterocycles. The van der Waals surface area contributed by atoms with Crippen LogP contribution in [0.1, 0.15) is 12.8 Å². The number of amides is 2. The quantitative estimate of drug-likeness (QED) is 0.694. The zero-order valence-electron chi connectivity index (χ0n) is 10.8. The zero-order valence-corrected chi connectivity index (χ0v) is 10.8. The Hall–Kier alpha value is -1.75. The van der Waals surface area contributed by atoms with Crippen molar-refractivity contribution < 1.29 is 22.8 Å². The van der Waals surface area contributed by atoms with Crippen LogP contribution >= 0.6 is 0 Å². The summed E-state index contributed by atoms with van der Waals surface area (Å²) in [5.41, 5.74) is 0. The SMILES string of the molecule is C#CCNC(=O)CN1CCC[C@H]1C(=O)NCC(F)(F)F. The number of alkyl halides is 3. The van der Waals surface area contributed by atoms with E-state index in [1.54, 1.807) is 4.90 Å². The molecule has 0 aromatic carbocycles. The fourth-order valence-corrected chi connectivity index (χ4v) is 2.01. The van der Waals surface area contributed by atoms with Crippen LogP contribution in [0.5, 0.6) is 0 Å². The molecule has 8 heteroatoms. The lowest BCUT2D eigenvalue weighted by Crippen LogP contribution is -2.48. The van der Waals surface area contributed by atoms with Crippen molar-refractivity contribution in [1.82, 2.24) is 15.5 Å². The summed E-state index contributed by atoms with van der Waals surface area (Å²) >= 11 is 0. The summed E-state index contributed by atoms with van der Waals surface area (Å²) in [6, 6.07) is -0.700. The van der Waals surface area contributed by atoms with Crippen molar-refractivity contribution >= 4 is 11.8 Å². The maximum Gasteiger partial charge on any atom is 0.405 e. The van der Waals surface area contributed by atoms with Crippen molar-refractivity contribution in [3.8, 4) is 12.3 Å².